The monoisotopic (exact) mass is 388 g/mol. The van der Waals surface area contributed by atoms with Crippen LogP contribution in [0.1, 0.15) is 23.3 Å². The molecule has 5 rings (SSSR count). The van der Waals surface area contributed by atoms with E-state index >= 15 is 0 Å². The summed E-state index contributed by atoms with van der Waals surface area (Å²) in [5, 5.41) is 6.25. The number of hydrogen-bond acceptors (Lipinski definition) is 6. The summed E-state index contributed by atoms with van der Waals surface area (Å²) in [6, 6.07) is 17.1. The van der Waals surface area contributed by atoms with Crippen molar-refractivity contribution in [3.05, 3.63) is 60.3 Å². The van der Waals surface area contributed by atoms with Crippen LogP contribution >= 0.6 is 0 Å². The Labute approximate surface area is 168 Å². The number of carbonyl (C=O) groups excluding carboxylic acids is 1. The Hall–Kier alpha value is -3.61. The lowest BCUT2D eigenvalue weighted by Crippen LogP contribution is -2.18. The zero-order valence-corrected chi connectivity index (χ0v) is 15.7. The molecule has 2 heterocycles. The fourth-order valence-corrected chi connectivity index (χ4v) is 3.11. The summed E-state index contributed by atoms with van der Waals surface area (Å²) in [7, 11) is 0. The Balaban J connectivity index is 1.43. The molecule has 2 aromatic carbocycles. The van der Waals surface area contributed by atoms with E-state index in [4.69, 9.17) is 9.47 Å². The molecule has 0 bridgehead atoms. The van der Waals surface area contributed by atoms with Gasteiger partial charge in [0.25, 0.3) is 5.91 Å². The highest BCUT2D eigenvalue weighted by Gasteiger charge is 2.23. The fourth-order valence-electron chi connectivity index (χ4n) is 3.11. The first-order valence-corrected chi connectivity index (χ1v) is 9.67. The van der Waals surface area contributed by atoms with Crippen LogP contribution in [-0.2, 0) is 0 Å². The number of nitrogens with zero attached hydrogens (tertiary/aromatic N) is 2. The maximum absolute atomic E-state index is 12.9. The number of benzene rings is 2. The number of amides is 1. The Bertz CT molecular complexity index is 1050. The third-order valence-corrected chi connectivity index (χ3v) is 4.72. The summed E-state index contributed by atoms with van der Waals surface area (Å²) in [4.78, 5) is 22.0. The molecular formula is C22H20N4O3. The first-order chi connectivity index (χ1) is 14.2. The summed E-state index contributed by atoms with van der Waals surface area (Å²) >= 11 is 0. The van der Waals surface area contributed by atoms with Crippen LogP contribution in [0.4, 0.5) is 11.5 Å². The summed E-state index contributed by atoms with van der Waals surface area (Å²) < 4.78 is 11.1. The van der Waals surface area contributed by atoms with Gasteiger partial charge >= 0.3 is 0 Å². The van der Waals surface area contributed by atoms with Crippen molar-refractivity contribution in [3.63, 3.8) is 0 Å². The van der Waals surface area contributed by atoms with Crippen molar-refractivity contribution in [2.45, 2.75) is 18.9 Å². The molecule has 1 saturated carbocycles. The van der Waals surface area contributed by atoms with Crippen LogP contribution in [0.2, 0.25) is 0 Å². The maximum Gasteiger partial charge on any atom is 0.274 e. The number of rotatable bonds is 5. The molecule has 0 saturated heterocycles. The van der Waals surface area contributed by atoms with Crippen molar-refractivity contribution < 1.29 is 14.3 Å². The highest BCUT2D eigenvalue weighted by molar-refractivity contribution is 6.03. The number of carbonyl (C=O) groups is 1. The quantitative estimate of drug-likeness (QED) is 0.693. The number of aromatic nitrogens is 2. The smallest absolute Gasteiger partial charge is 0.274 e. The van der Waals surface area contributed by atoms with Crippen LogP contribution in [0, 0.1) is 0 Å². The van der Waals surface area contributed by atoms with Gasteiger partial charge in [-0.1, -0.05) is 30.3 Å². The molecule has 0 unspecified atom stereocenters. The van der Waals surface area contributed by atoms with Crippen molar-refractivity contribution in [1.82, 2.24) is 9.97 Å². The Morgan fingerprint density at radius 2 is 1.72 bits per heavy atom. The predicted octanol–water partition coefficient (Wildman–Crippen LogP) is 3.74. The van der Waals surface area contributed by atoms with Crippen LogP contribution in [0.15, 0.2) is 54.6 Å². The molecule has 0 radical (unpaired) electrons. The second-order valence-corrected chi connectivity index (χ2v) is 7.06. The van der Waals surface area contributed by atoms with Gasteiger partial charge in [-0.3, -0.25) is 4.79 Å². The van der Waals surface area contributed by atoms with Gasteiger partial charge in [0.2, 0.25) is 0 Å². The fraction of sp³-hybridized carbons (Fsp3) is 0.227. The van der Waals surface area contributed by atoms with Crippen molar-refractivity contribution in [1.29, 1.82) is 0 Å². The molecule has 2 aliphatic rings. The topological polar surface area (TPSA) is 85.4 Å². The maximum atomic E-state index is 12.9. The van der Waals surface area contributed by atoms with Crippen molar-refractivity contribution in [2.75, 3.05) is 23.8 Å². The van der Waals surface area contributed by atoms with Gasteiger partial charge in [-0.05, 0) is 25.0 Å². The lowest BCUT2D eigenvalue weighted by molar-refractivity contribution is 0.102. The van der Waals surface area contributed by atoms with E-state index in [2.05, 4.69) is 20.6 Å². The molecule has 0 spiro atoms. The molecule has 0 atom stereocenters. The number of ether oxygens (including phenoxy) is 2. The minimum absolute atomic E-state index is 0.303. The van der Waals surface area contributed by atoms with E-state index in [1.54, 1.807) is 24.3 Å². The number of nitrogens with one attached hydrogen (secondary N) is 2. The number of fused-ring (bicyclic) bond motifs is 1. The molecule has 1 fully saturated rings. The van der Waals surface area contributed by atoms with Crippen LogP contribution in [0.3, 0.4) is 0 Å². The van der Waals surface area contributed by atoms with Crippen LogP contribution < -0.4 is 20.1 Å². The predicted molar refractivity (Wildman–Crippen MR) is 109 cm³/mol. The minimum atomic E-state index is -0.305. The van der Waals surface area contributed by atoms with Gasteiger partial charge in [-0.25, -0.2) is 9.97 Å². The largest absolute Gasteiger partial charge is 0.486 e. The Kier molecular flexibility index (Phi) is 4.48. The average molecular weight is 388 g/mol. The van der Waals surface area contributed by atoms with Gasteiger partial charge in [0.15, 0.2) is 17.3 Å². The minimum Gasteiger partial charge on any atom is -0.486 e. The summed E-state index contributed by atoms with van der Waals surface area (Å²) in [6.07, 6.45) is 2.23. The summed E-state index contributed by atoms with van der Waals surface area (Å²) in [6.45, 7) is 1.02. The molecule has 29 heavy (non-hydrogen) atoms. The molecular weight excluding hydrogens is 368 g/mol. The van der Waals surface area contributed by atoms with Crippen LogP contribution in [0.25, 0.3) is 11.4 Å². The second kappa shape index (κ2) is 7.43. The first-order valence-electron chi connectivity index (χ1n) is 9.67. The molecule has 7 heteroatoms. The van der Waals surface area contributed by atoms with Gasteiger partial charge in [0, 0.05) is 29.4 Å². The second-order valence-electron chi connectivity index (χ2n) is 7.06. The third-order valence-electron chi connectivity index (χ3n) is 4.72. The summed E-state index contributed by atoms with van der Waals surface area (Å²) in [5.41, 5.74) is 1.79. The van der Waals surface area contributed by atoms with E-state index in [-0.39, 0.29) is 5.91 Å². The van der Waals surface area contributed by atoms with Gasteiger partial charge in [-0.15, -0.1) is 0 Å². The highest BCUT2D eigenvalue weighted by atomic mass is 16.6. The molecule has 7 nitrogen and oxygen atoms in total. The summed E-state index contributed by atoms with van der Waals surface area (Å²) in [5.74, 6) is 2.17. The zero-order valence-electron chi connectivity index (χ0n) is 15.7. The molecule has 1 aliphatic carbocycles. The van der Waals surface area contributed by atoms with Crippen molar-refractivity contribution in [2.24, 2.45) is 0 Å². The molecule has 1 aromatic heterocycles. The number of anilines is 2. The standard InChI is InChI=1S/C22H20N4O3/c27-22(24-16-8-9-18-19(12-16)29-11-10-28-18)17-13-20(23-15-6-7-15)26-21(25-17)14-4-2-1-3-5-14/h1-5,8-9,12-13,15H,6-7,10-11H2,(H,24,27)(H,23,25,26). The van der Waals surface area contributed by atoms with Crippen molar-refractivity contribution >= 4 is 17.4 Å². The molecule has 3 aromatic rings. The van der Waals surface area contributed by atoms with Gasteiger partial charge < -0.3 is 20.1 Å². The van der Waals surface area contributed by atoms with Crippen molar-refractivity contribution in [3.8, 4) is 22.9 Å². The van der Waals surface area contributed by atoms with Crippen LogP contribution in [0.5, 0.6) is 11.5 Å². The Morgan fingerprint density at radius 3 is 2.52 bits per heavy atom. The molecule has 2 N–H and O–H groups in total. The third kappa shape index (κ3) is 3.99. The van der Waals surface area contributed by atoms with Crippen LogP contribution in [-0.4, -0.2) is 35.1 Å². The van der Waals surface area contributed by atoms with E-state index in [1.807, 2.05) is 30.3 Å². The first kappa shape index (κ1) is 17.5. The Morgan fingerprint density at radius 1 is 0.931 bits per heavy atom. The molecule has 1 aliphatic heterocycles. The van der Waals surface area contributed by atoms with E-state index in [1.165, 1.54) is 0 Å². The van der Waals surface area contributed by atoms with E-state index in [0.29, 0.717) is 53.8 Å². The zero-order chi connectivity index (χ0) is 19.6. The van der Waals surface area contributed by atoms with Gasteiger partial charge in [0.05, 0.1) is 0 Å². The van der Waals surface area contributed by atoms with E-state index < -0.39 is 0 Å². The normalized spacial score (nSPS) is 14.9. The highest BCUT2D eigenvalue weighted by Crippen LogP contribution is 2.33. The SMILES string of the molecule is O=C(Nc1ccc2c(c1)OCCO2)c1cc(NC2CC2)nc(-c2ccccc2)n1. The number of hydrogen-bond donors (Lipinski definition) is 2. The molecule has 1 amide bonds. The van der Waals surface area contributed by atoms with Gasteiger partial charge in [-0.2, -0.15) is 0 Å². The van der Waals surface area contributed by atoms with E-state index in [0.717, 1.165) is 18.4 Å². The lowest BCUT2D eigenvalue weighted by atomic mass is 10.2. The molecule has 146 valence electrons. The van der Waals surface area contributed by atoms with E-state index in [9.17, 15) is 4.79 Å². The van der Waals surface area contributed by atoms with Gasteiger partial charge in [0.1, 0.15) is 24.7 Å². The average Bonchev–Trinajstić information content (AvgIpc) is 3.58. The lowest BCUT2D eigenvalue weighted by Gasteiger charge is -2.19.